The monoisotopic (exact) mass is 404 g/mol. The number of aromatic nitrogens is 1. The van der Waals surface area contributed by atoms with Gasteiger partial charge in [0.25, 0.3) is 5.91 Å². The van der Waals surface area contributed by atoms with Gasteiger partial charge < -0.3 is 4.42 Å². The number of rotatable bonds is 5. The summed E-state index contributed by atoms with van der Waals surface area (Å²) in [4.78, 5) is 29.2. The average Bonchev–Trinajstić information content (AvgIpc) is 3.26. The molecule has 0 aliphatic carbocycles. The SMILES string of the molecule is CC(=O)N(c1nc(/C=N\NC(=O)c2ccoc2C)cs1)c1ccc(F)cc1F. The number of amides is 2. The number of halogens is 2. The fraction of sp³-hybridized carbons (Fsp3) is 0.111. The Morgan fingerprint density at radius 2 is 2.11 bits per heavy atom. The number of carbonyl (C=O) groups is 2. The fourth-order valence-electron chi connectivity index (χ4n) is 2.35. The molecule has 144 valence electrons. The van der Waals surface area contributed by atoms with Gasteiger partial charge >= 0.3 is 0 Å². The Balaban J connectivity index is 1.77. The van der Waals surface area contributed by atoms with Crippen LogP contribution in [-0.2, 0) is 4.79 Å². The number of thiazole rings is 1. The van der Waals surface area contributed by atoms with Crippen LogP contribution in [-0.4, -0.2) is 23.0 Å². The molecule has 0 saturated heterocycles. The number of carbonyl (C=O) groups excluding carboxylic acids is 2. The molecule has 28 heavy (non-hydrogen) atoms. The molecule has 10 heteroatoms. The maximum atomic E-state index is 14.1. The van der Waals surface area contributed by atoms with E-state index >= 15 is 0 Å². The summed E-state index contributed by atoms with van der Waals surface area (Å²) < 4.78 is 32.3. The van der Waals surface area contributed by atoms with Crippen molar-refractivity contribution in [2.45, 2.75) is 13.8 Å². The second-order valence-corrected chi connectivity index (χ2v) is 6.43. The number of hydrazone groups is 1. The van der Waals surface area contributed by atoms with Crippen LogP contribution in [0, 0.1) is 18.6 Å². The molecule has 0 aliphatic rings. The molecule has 3 rings (SSSR count). The average molecular weight is 404 g/mol. The van der Waals surface area contributed by atoms with Crippen molar-refractivity contribution in [3.63, 3.8) is 0 Å². The summed E-state index contributed by atoms with van der Waals surface area (Å²) >= 11 is 1.07. The van der Waals surface area contributed by atoms with Crippen LogP contribution in [0.3, 0.4) is 0 Å². The first-order chi connectivity index (χ1) is 13.4. The highest BCUT2D eigenvalue weighted by Gasteiger charge is 2.21. The lowest BCUT2D eigenvalue weighted by atomic mass is 10.2. The van der Waals surface area contributed by atoms with Crippen molar-refractivity contribution < 1.29 is 22.8 Å². The van der Waals surface area contributed by atoms with Gasteiger partial charge in [-0.1, -0.05) is 0 Å². The molecule has 2 aromatic heterocycles. The summed E-state index contributed by atoms with van der Waals surface area (Å²) in [6, 6.07) is 4.42. The smallest absolute Gasteiger partial charge is 0.274 e. The van der Waals surface area contributed by atoms with Gasteiger partial charge in [-0.2, -0.15) is 5.10 Å². The Labute approximate surface area is 162 Å². The second-order valence-electron chi connectivity index (χ2n) is 5.59. The van der Waals surface area contributed by atoms with E-state index in [0.717, 1.165) is 28.4 Å². The van der Waals surface area contributed by atoms with Crippen molar-refractivity contribution in [1.82, 2.24) is 10.4 Å². The fourth-order valence-corrected chi connectivity index (χ4v) is 3.18. The van der Waals surface area contributed by atoms with E-state index in [1.165, 1.54) is 25.5 Å². The Morgan fingerprint density at radius 3 is 2.75 bits per heavy atom. The van der Waals surface area contributed by atoms with E-state index in [9.17, 15) is 18.4 Å². The highest BCUT2D eigenvalue weighted by Crippen LogP contribution is 2.30. The van der Waals surface area contributed by atoms with E-state index in [0.29, 0.717) is 23.1 Å². The van der Waals surface area contributed by atoms with Gasteiger partial charge in [0.2, 0.25) is 5.91 Å². The molecule has 0 aliphatic heterocycles. The highest BCUT2D eigenvalue weighted by atomic mass is 32.1. The molecule has 2 heterocycles. The number of benzene rings is 1. The number of hydrogen-bond donors (Lipinski definition) is 1. The van der Waals surface area contributed by atoms with E-state index in [-0.39, 0.29) is 10.8 Å². The maximum absolute atomic E-state index is 14.1. The molecular weight excluding hydrogens is 390 g/mol. The van der Waals surface area contributed by atoms with Crippen molar-refractivity contribution in [2.75, 3.05) is 4.90 Å². The van der Waals surface area contributed by atoms with Crippen molar-refractivity contribution >= 4 is 40.2 Å². The van der Waals surface area contributed by atoms with Gasteiger partial charge in [0, 0.05) is 18.4 Å². The van der Waals surface area contributed by atoms with Gasteiger partial charge in [-0.15, -0.1) is 11.3 Å². The molecule has 0 fully saturated rings. The summed E-state index contributed by atoms with van der Waals surface area (Å²) in [5.41, 5.74) is 2.92. The third kappa shape index (κ3) is 4.12. The predicted molar refractivity (Wildman–Crippen MR) is 99.8 cm³/mol. The Kier molecular flexibility index (Phi) is 5.59. The zero-order chi connectivity index (χ0) is 20.3. The molecule has 0 atom stereocenters. The van der Waals surface area contributed by atoms with Gasteiger partial charge in [-0.05, 0) is 25.1 Å². The normalized spacial score (nSPS) is 11.0. The zero-order valence-corrected chi connectivity index (χ0v) is 15.6. The van der Waals surface area contributed by atoms with Crippen molar-refractivity contribution in [1.29, 1.82) is 0 Å². The summed E-state index contributed by atoms with van der Waals surface area (Å²) in [6.07, 6.45) is 2.68. The third-order valence-corrected chi connectivity index (χ3v) is 4.48. The molecule has 2 amide bonds. The maximum Gasteiger partial charge on any atom is 0.274 e. The molecule has 3 aromatic rings. The van der Waals surface area contributed by atoms with Crippen LogP contribution in [0.25, 0.3) is 0 Å². The summed E-state index contributed by atoms with van der Waals surface area (Å²) in [7, 11) is 0. The molecule has 7 nitrogen and oxygen atoms in total. The van der Waals surface area contributed by atoms with E-state index in [2.05, 4.69) is 15.5 Å². The summed E-state index contributed by atoms with van der Waals surface area (Å²) in [5, 5.41) is 5.56. The zero-order valence-electron chi connectivity index (χ0n) is 14.8. The van der Waals surface area contributed by atoms with E-state index in [1.807, 2.05) is 0 Å². The number of furan rings is 1. The quantitative estimate of drug-likeness (QED) is 0.518. The van der Waals surface area contributed by atoms with Gasteiger partial charge in [0.15, 0.2) is 5.13 Å². The van der Waals surface area contributed by atoms with Gasteiger partial charge in [0.1, 0.15) is 17.4 Å². The third-order valence-electron chi connectivity index (χ3n) is 3.63. The lowest BCUT2D eigenvalue weighted by Crippen LogP contribution is -2.23. The van der Waals surface area contributed by atoms with Crippen LogP contribution in [0.15, 0.2) is 45.4 Å². The number of nitrogens with one attached hydrogen (secondary N) is 1. The standard InChI is InChI=1S/C18H14F2N4O3S/c1-10-14(5-6-27-10)17(26)23-21-8-13-9-28-18(22-13)24(11(2)25)16-4-3-12(19)7-15(16)20/h3-9H,1-2H3,(H,23,26)/b21-8-. The molecule has 0 spiro atoms. The van der Waals surface area contributed by atoms with Crippen LogP contribution in [0.1, 0.15) is 28.7 Å². The first kappa shape index (κ1) is 19.4. The minimum atomic E-state index is -0.886. The molecule has 0 saturated carbocycles. The van der Waals surface area contributed by atoms with E-state index in [4.69, 9.17) is 4.42 Å². The van der Waals surface area contributed by atoms with Crippen molar-refractivity contribution in [3.8, 4) is 0 Å². The molecule has 0 bridgehead atoms. The van der Waals surface area contributed by atoms with Crippen molar-refractivity contribution in [3.05, 3.63) is 64.6 Å². The first-order valence-electron chi connectivity index (χ1n) is 7.95. The van der Waals surface area contributed by atoms with Gasteiger partial charge in [-0.3, -0.25) is 14.5 Å². The Morgan fingerprint density at radius 1 is 1.32 bits per heavy atom. The number of anilines is 2. The van der Waals surface area contributed by atoms with E-state index in [1.54, 1.807) is 12.3 Å². The second kappa shape index (κ2) is 8.09. The minimum absolute atomic E-state index is 0.115. The lowest BCUT2D eigenvalue weighted by Gasteiger charge is -2.18. The number of aryl methyl sites for hydroxylation is 1. The van der Waals surface area contributed by atoms with Crippen LogP contribution < -0.4 is 10.3 Å². The van der Waals surface area contributed by atoms with Gasteiger partial charge in [0.05, 0.1) is 29.4 Å². The Bertz CT molecular complexity index is 1060. The predicted octanol–water partition coefficient (Wildman–Crippen LogP) is 3.77. The Hall–Kier alpha value is -3.40. The van der Waals surface area contributed by atoms with Crippen LogP contribution in [0.5, 0.6) is 0 Å². The number of nitrogens with zero attached hydrogens (tertiary/aromatic N) is 3. The molecule has 1 aromatic carbocycles. The summed E-state index contributed by atoms with van der Waals surface area (Å²) in [5.74, 6) is -2.12. The molecule has 1 N–H and O–H groups in total. The number of hydrogen-bond acceptors (Lipinski definition) is 6. The highest BCUT2D eigenvalue weighted by molar-refractivity contribution is 7.14. The largest absolute Gasteiger partial charge is 0.469 e. The van der Waals surface area contributed by atoms with Crippen molar-refractivity contribution in [2.24, 2.45) is 5.10 Å². The van der Waals surface area contributed by atoms with Crippen LogP contribution in [0.4, 0.5) is 19.6 Å². The van der Waals surface area contributed by atoms with E-state index < -0.39 is 23.4 Å². The van der Waals surface area contributed by atoms with Crippen LogP contribution >= 0.6 is 11.3 Å². The van der Waals surface area contributed by atoms with Gasteiger partial charge in [-0.25, -0.2) is 19.2 Å². The molecule has 0 unspecified atom stereocenters. The topological polar surface area (TPSA) is 87.8 Å². The molecular formula is C18H14F2N4O3S. The van der Waals surface area contributed by atoms with Crippen LogP contribution in [0.2, 0.25) is 0 Å². The first-order valence-corrected chi connectivity index (χ1v) is 8.83. The molecule has 0 radical (unpaired) electrons. The summed E-state index contributed by atoms with van der Waals surface area (Å²) in [6.45, 7) is 2.89. The minimum Gasteiger partial charge on any atom is -0.469 e. The lowest BCUT2D eigenvalue weighted by molar-refractivity contribution is -0.115.